The standard InChI is InChI=1S/C15H27NO/c1-11(2)12-6-8-15(9-7-12)10-14(3,4)13(17)16(15)5/h11-12H,6-10H2,1-5H3/t12-,15-. The van der Waals surface area contributed by atoms with Crippen molar-refractivity contribution in [2.75, 3.05) is 7.05 Å². The molecular weight excluding hydrogens is 210 g/mol. The lowest BCUT2D eigenvalue weighted by Gasteiger charge is -2.43. The van der Waals surface area contributed by atoms with Gasteiger partial charge in [-0.05, 0) is 43.9 Å². The summed E-state index contributed by atoms with van der Waals surface area (Å²) in [6.07, 6.45) is 6.07. The minimum atomic E-state index is -0.139. The fourth-order valence-electron chi connectivity index (χ4n) is 4.04. The van der Waals surface area contributed by atoms with E-state index in [0.29, 0.717) is 5.91 Å². The van der Waals surface area contributed by atoms with Crippen molar-refractivity contribution in [2.24, 2.45) is 17.3 Å². The molecule has 0 atom stereocenters. The molecule has 0 aromatic heterocycles. The lowest BCUT2D eigenvalue weighted by atomic mass is 9.69. The third kappa shape index (κ3) is 2.00. The van der Waals surface area contributed by atoms with Crippen LogP contribution in [0.4, 0.5) is 0 Å². The van der Waals surface area contributed by atoms with Crippen molar-refractivity contribution in [1.29, 1.82) is 0 Å². The highest BCUT2D eigenvalue weighted by Gasteiger charge is 2.53. The Labute approximate surface area is 106 Å². The maximum atomic E-state index is 12.2. The molecule has 0 N–H and O–H groups in total. The molecule has 1 aliphatic carbocycles. The Balaban J connectivity index is 2.11. The van der Waals surface area contributed by atoms with E-state index in [4.69, 9.17) is 0 Å². The first-order chi connectivity index (χ1) is 7.78. The fourth-order valence-corrected chi connectivity index (χ4v) is 4.04. The number of rotatable bonds is 1. The molecule has 1 aliphatic heterocycles. The van der Waals surface area contributed by atoms with E-state index in [1.807, 2.05) is 7.05 Å². The average molecular weight is 237 g/mol. The Morgan fingerprint density at radius 1 is 1.24 bits per heavy atom. The van der Waals surface area contributed by atoms with Gasteiger partial charge < -0.3 is 4.90 Å². The topological polar surface area (TPSA) is 20.3 Å². The number of hydrogen-bond acceptors (Lipinski definition) is 1. The summed E-state index contributed by atoms with van der Waals surface area (Å²) in [6.45, 7) is 8.87. The number of likely N-dealkylation sites (tertiary alicyclic amines) is 1. The second-order valence-electron chi connectivity index (χ2n) is 7.23. The molecule has 98 valence electrons. The van der Waals surface area contributed by atoms with Crippen LogP contribution in [0.5, 0.6) is 0 Å². The van der Waals surface area contributed by atoms with Crippen molar-refractivity contribution in [1.82, 2.24) is 4.90 Å². The van der Waals surface area contributed by atoms with Crippen molar-refractivity contribution in [3.8, 4) is 0 Å². The summed E-state index contributed by atoms with van der Waals surface area (Å²) in [5.74, 6) is 2.01. The summed E-state index contributed by atoms with van der Waals surface area (Å²) in [7, 11) is 2.02. The van der Waals surface area contributed by atoms with Gasteiger partial charge in [0.15, 0.2) is 0 Å². The van der Waals surface area contributed by atoms with Crippen LogP contribution < -0.4 is 0 Å². The number of carbonyl (C=O) groups is 1. The maximum absolute atomic E-state index is 12.2. The molecule has 0 aromatic rings. The lowest BCUT2D eigenvalue weighted by Crippen LogP contribution is -2.46. The van der Waals surface area contributed by atoms with Crippen LogP contribution in [0.3, 0.4) is 0 Å². The number of amides is 1. The summed E-state index contributed by atoms with van der Waals surface area (Å²) in [6, 6.07) is 0. The number of hydrogen-bond donors (Lipinski definition) is 0. The van der Waals surface area contributed by atoms with Crippen LogP contribution in [-0.2, 0) is 4.79 Å². The molecule has 0 radical (unpaired) electrons. The Bertz CT molecular complexity index is 311. The highest BCUT2D eigenvalue weighted by atomic mass is 16.2. The average Bonchev–Trinajstić information content (AvgIpc) is 2.41. The van der Waals surface area contributed by atoms with Crippen LogP contribution in [0.1, 0.15) is 59.8 Å². The Morgan fingerprint density at radius 2 is 1.76 bits per heavy atom. The van der Waals surface area contributed by atoms with Crippen molar-refractivity contribution >= 4 is 5.91 Å². The first kappa shape index (κ1) is 12.9. The monoisotopic (exact) mass is 237 g/mol. The first-order valence-corrected chi connectivity index (χ1v) is 7.07. The van der Waals surface area contributed by atoms with Gasteiger partial charge in [0.25, 0.3) is 0 Å². The molecule has 17 heavy (non-hydrogen) atoms. The van der Waals surface area contributed by atoms with Crippen LogP contribution in [0.15, 0.2) is 0 Å². The van der Waals surface area contributed by atoms with Crippen molar-refractivity contribution in [2.45, 2.75) is 65.3 Å². The summed E-state index contributed by atoms with van der Waals surface area (Å²) < 4.78 is 0. The van der Waals surface area contributed by atoms with Gasteiger partial charge in [-0.15, -0.1) is 0 Å². The van der Waals surface area contributed by atoms with Gasteiger partial charge in [0.1, 0.15) is 0 Å². The Kier molecular flexibility index (Phi) is 3.04. The summed E-state index contributed by atoms with van der Waals surface area (Å²) in [5, 5.41) is 0. The van der Waals surface area contributed by atoms with E-state index in [2.05, 4.69) is 32.6 Å². The van der Waals surface area contributed by atoms with Crippen molar-refractivity contribution in [3.05, 3.63) is 0 Å². The van der Waals surface area contributed by atoms with Crippen LogP contribution in [0.25, 0.3) is 0 Å². The molecule has 1 saturated carbocycles. The zero-order chi connectivity index (χ0) is 12.8. The molecule has 1 spiro atoms. The molecular formula is C15H27NO. The van der Waals surface area contributed by atoms with Crippen molar-refractivity contribution < 1.29 is 4.79 Å². The minimum Gasteiger partial charge on any atom is -0.340 e. The maximum Gasteiger partial charge on any atom is 0.228 e. The quantitative estimate of drug-likeness (QED) is 0.684. The molecule has 1 amide bonds. The van der Waals surface area contributed by atoms with E-state index in [-0.39, 0.29) is 11.0 Å². The van der Waals surface area contributed by atoms with Gasteiger partial charge in [-0.3, -0.25) is 4.79 Å². The van der Waals surface area contributed by atoms with E-state index in [9.17, 15) is 4.79 Å². The Morgan fingerprint density at radius 3 is 2.12 bits per heavy atom. The summed E-state index contributed by atoms with van der Waals surface area (Å²) >= 11 is 0. The van der Waals surface area contributed by atoms with Gasteiger partial charge >= 0.3 is 0 Å². The van der Waals surface area contributed by atoms with Crippen molar-refractivity contribution in [3.63, 3.8) is 0 Å². The van der Waals surface area contributed by atoms with Gasteiger partial charge in [-0.2, -0.15) is 0 Å². The van der Waals surface area contributed by atoms with Gasteiger partial charge in [0.05, 0.1) is 0 Å². The molecule has 1 heterocycles. The van der Waals surface area contributed by atoms with Crippen LogP contribution in [-0.4, -0.2) is 23.4 Å². The Hall–Kier alpha value is -0.530. The van der Waals surface area contributed by atoms with E-state index < -0.39 is 0 Å². The predicted molar refractivity (Wildman–Crippen MR) is 70.7 cm³/mol. The zero-order valence-electron chi connectivity index (χ0n) is 12.0. The second kappa shape index (κ2) is 4.00. The smallest absolute Gasteiger partial charge is 0.228 e. The second-order valence-corrected chi connectivity index (χ2v) is 7.23. The largest absolute Gasteiger partial charge is 0.340 e. The molecule has 2 heteroatoms. The highest BCUT2D eigenvalue weighted by Crippen LogP contribution is 2.50. The van der Waals surface area contributed by atoms with Gasteiger partial charge in [-0.25, -0.2) is 0 Å². The van der Waals surface area contributed by atoms with Gasteiger partial charge in [0.2, 0.25) is 5.91 Å². The normalized spacial score (nSPS) is 37.2. The van der Waals surface area contributed by atoms with Crippen LogP contribution >= 0.6 is 0 Å². The van der Waals surface area contributed by atoms with E-state index in [0.717, 1.165) is 18.3 Å². The van der Waals surface area contributed by atoms with Crippen LogP contribution in [0, 0.1) is 17.3 Å². The lowest BCUT2D eigenvalue weighted by molar-refractivity contribution is -0.136. The molecule has 2 aliphatic rings. The van der Waals surface area contributed by atoms with E-state index in [1.165, 1.54) is 25.7 Å². The van der Waals surface area contributed by atoms with E-state index >= 15 is 0 Å². The SMILES string of the molecule is CC(C)[C@H]1CC[C@]2(CC1)CC(C)(C)C(=O)N2C. The molecule has 2 fully saturated rings. The zero-order valence-corrected chi connectivity index (χ0v) is 12.0. The molecule has 0 aromatic carbocycles. The minimum absolute atomic E-state index is 0.139. The van der Waals surface area contributed by atoms with Gasteiger partial charge in [0, 0.05) is 18.0 Å². The highest BCUT2D eigenvalue weighted by molar-refractivity contribution is 5.85. The van der Waals surface area contributed by atoms with Crippen LogP contribution in [0.2, 0.25) is 0 Å². The number of carbonyl (C=O) groups excluding carboxylic acids is 1. The summed E-state index contributed by atoms with van der Waals surface area (Å²) in [5.41, 5.74) is 0.0470. The third-order valence-corrected chi connectivity index (χ3v) is 5.27. The van der Waals surface area contributed by atoms with Gasteiger partial charge in [-0.1, -0.05) is 27.7 Å². The fraction of sp³-hybridized carbons (Fsp3) is 0.933. The number of nitrogens with zero attached hydrogens (tertiary/aromatic N) is 1. The predicted octanol–water partition coefficient (Wildman–Crippen LogP) is 3.46. The molecule has 1 saturated heterocycles. The molecule has 0 bridgehead atoms. The molecule has 2 nitrogen and oxygen atoms in total. The molecule has 2 rings (SSSR count). The third-order valence-electron chi connectivity index (χ3n) is 5.27. The molecule has 0 unspecified atom stereocenters. The first-order valence-electron chi connectivity index (χ1n) is 7.07. The van der Waals surface area contributed by atoms with E-state index in [1.54, 1.807) is 0 Å². The summed E-state index contributed by atoms with van der Waals surface area (Å²) in [4.78, 5) is 14.3.